The average Bonchev–Trinajstić information content (AvgIpc) is 2.75. The van der Waals surface area contributed by atoms with Crippen LogP contribution in [0.15, 0.2) is 24.3 Å². The molecule has 0 radical (unpaired) electrons. The van der Waals surface area contributed by atoms with Gasteiger partial charge in [-0.25, -0.2) is 0 Å². The highest BCUT2D eigenvalue weighted by molar-refractivity contribution is 5.88. The van der Waals surface area contributed by atoms with Crippen LogP contribution in [-0.4, -0.2) is 48.0 Å². The van der Waals surface area contributed by atoms with Crippen LogP contribution in [0.2, 0.25) is 0 Å². The molecule has 3 aliphatic rings. The Kier molecular flexibility index (Phi) is 2.80. The van der Waals surface area contributed by atoms with Crippen molar-refractivity contribution in [1.29, 1.82) is 0 Å². The lowest BCUT2D eigenvalue weighted by Gasteiger charge is -2.48. The molecule has 1 aromatic rings. The van der Waals surface area contributed by atoms with E-state index in [0.29, 0.717) is 5.91 Å². The van der Waals surface area contributed by atoms with E-state index in [1.165, 1.54) is 5.56 Å². The summed E-state index contributed by atoms with van der Waals surface area (Å²) in [5, 5.41) is 0. The second-order valence-corrected chi connectivity index (χ2v) is 6.77. The molecule has 0 N–H and O–H groups in total. The minimum atomic E-state index is -0.271. The van der Waals surface area contributed by atoms with Crippen LogP contribution in [-0.2, 0) is 4.79 Å². The monoisotopic (exact) mass is 286 g/mol. The molecule has 2 atom stereocenters. The van der Waals surface area contributed by atoms with E-state index in [-0.39, 0.29) is 17.7 Å². The molecular weight excluding hydrogens is 264 g/mol. The Morgan fingerprint density at radius 3 is 2.76 bits per heavy atom. The van der Waals surface area contributed by atoms with Gasteiger partial charge in [0.25, 0.3) is 0 Å². The Bertz CT molecular complexity index is 580. The largest absolute Gasteiger partial charge is 0.488 e. The number of amides is 1. The first-order chi connectivity index (χ1) is 10.1. The molecule has 0 spiro atoms. The van der Waals surface area contributed by atoms with Crippen molar-refractivity contribution >= 4 is 5.91 Å². The number of hydrogen-bond donors (Lipinski definition) is 0. The molecule has 2 aliphatic heterocycles. The van der Waals surface area contributed by atoms with E-state index in [9.17, 15) is 4.79 Å². The van der Waals surface area contributed by atoms with Gasteiger partial charge >= 0.3 is 0 Å². The Hall–Kier alpha value is -1.55. The number of fused-ring (bicyclic) bond motifs is 4. The molecule has 112 valence electrons. The Morgan fingerprint density at radius 1 is 1.33 bits per heavy atom. The third-order valence-electron chi connectivity index (χ3n) is 5.53. The second kappa shape index (κ2) is 4.47. The van der Waals surface area contributed by atoms with Crippen LogP contribution < -0.4 is 4.74 Å². The van der Waals surface area contributed by atoms with Gasteiger partial charge in [0.05, 0.1) is 12.6 Å². The molecular formula is C17H22N2O2. The van der Waals surface area contributed by atoms with Gasteiger partial charge < -0.3 is 9.64 Å². The van der Waals surface area contributed by atoms with Crippen molar-refractivity contribution in [3.8, 4) is 5.75 Å². The van der Waals surface area contributed by atoms with E-state index in [4.69, 9.17) is 4.74 Å². The number of hydrogen-bond acceptors (Lipinski definition) is 3. The van der Waals surface area contributed by atoms with Gasteiger partial charge in [0, 0.05) is 12.0 Å². The number of likely N-dealkylation sites (N-methyl/N-ethyl adjacent to an activating group) is 1. The second-order valence-electron chi connectivity index (χ2n) is 6.77. The van der Waals surface area contributed by atoms with Gasteiger partial charge in [-0.05, 0) is 39.4 Å². The van der Waals surface area contributed by atoms with Crippen LogP contribution in [0.3, 0.4) is 0 Å². The highest BCUT2D eigenvalue weighted by Crippen LogP contribution is 2.47. The number of rotatable bonds is 2. The van der Waals surface area contributed by atoms with Gasteiger partial charge in [-0.15, -0.1) is 0 Å². The maximum atomic E-state index is 13.2. The predicted octanol–water partition coefficient (Wildman–Crippen LogP) is 2.21. The zero-order valence-electron chi connectivity index (χ0n) is 12.7. The number of para-hydroxylation sites is 1. The molecule has 0 aromatic heterocycles. The topological polar surface area (TPSA) is 32.8 Å². The lowest BCUT2D eigenvalue weighted by Crippen LogP contribution is -2.61. The summed E-state index contributed by atoms with van der Waals surface area (Å²) < 4.78 is 6.02. The summed E-state index contributed by atoms with van der Waals surface area (Å²) in [5.74, 6) is 1.26. The summed E-state index contributed by atoms with van der Waals surface area (Å²) in [5.41, 5.74) is 0.903. The van der Waals surface area contributed by atoms with Crippen molar-refractivity contribution < 1.29 is 9.53 Å². The molecule has 1 amide bonds. The zero-order valence-corrected chi connectivity index (χ0v) is 12.7. The molecule has 4 heteroatoms. The lowest BCUT2D eigenvalue weighted by atomic mass is 9.74. The minimum absolute atomic E-state index is 0.160. The highest BCUT2D eigenvalue weighted by atomic mass is 16.5. The van der Waals surface area contributed by atoms with Crippen molar-refractivity contribution in [2.24, 2.45) is 0 Å². The fourth-order valence-electron chi connectivity index (χ4n) is 4.08. The van der Waals surface area contributed by atoms with Crippen LogP contribution in [0.25, 0.3) is 0 Å². The van der Waals surface area contributed by atoms with Crippen molar-refractivity contribution in [2.45, 2.75) is 43.4 Å². The van der Waals surface area contributed by atoms with Crippen molar-refractivity contribution in [3.05, 3.63) is 29.8 Å². The van der Waals surface area contributed by atoms with Gasteiger partial charge in [-0.1, -0.05) is 18.2 Å². The lowest BCUT2D eigenvalue weighted by molar-refractivity contribution is -0.150. The van der Waals surface area contributed by atoms with E-state index in [0.717, 1.165) is 38.0 Å². The molecule has 2 heterocycles. The average molecular weight is 286 g/mol. The number of benzene rings is 1. The maximum absolute atomic E-state index is 13.2. The number of ether oxygens (including phenoxy) is 1. The van der Waals surface area contributed by atoms with Gasteiger partial charge in [-0.2, -0.15) is 0 Å². The normalized spacial score (nSPS) is 28.8. The smallest absolute Gasteiger partial charge is 0.243 e. The standard InChI is InChI=1S/C17H22N2O2/c1-18(2)17(8-5-9-17)16(20)19-11-12-10-14(19)13-6-3-4-7-15(13)21-12/h3-4,6-7,12,14H,5,8-11H2,1-2H3/t12-,14-/m0/s1. The van der Waals surface area contributed by atoms with E-state index >= 15 is 0 Å². The van der Waals surface area contributed by atoms with Crippen LogP contribution in [0.5, 0.6) is 5.75 Å². The van der Waals surface area contributed by atoms with Crippen LogP contribution >= 0.6 is 0 Å². The quantitative estimate of drug-likeness (QED) is 0.835. The SMILES string of the molecule is CN(C)C1(C(=O)N2C[C@@H]3C[C@H]2c2ccccc2O3)CCC1. The first kappa shape index (κ1) is 13.1. The molecule has 21 heavy (non-hydrogen) atoms. The number of nitrogens with zero attached hydrogens (tertiary/aromatic N) is 2. The molecule has 1 aromatic carbocycles. The summed E-state index contributed by atoms with van der Waals surface area (Å²) in [6.07, 6.45) is 4.21. The summed E-state index contributed by atoms with van der Waals surface area (Å²) in [6.45, 7) is 0.730. The van der Waals surface area contributed by atoms with Gasteiger partial charge in [0.2, 0.25) is 5.91 Å². The maximum Gasteiger partial charge on any atom is 0.243 e. The van der Waals surface area contributed by atoms with E-state index in [1.807, 2.05) is 32.3 Å². The fourth-order valence-corrected chi connectivity index (χ4v) is 4.08. The molecule has 4 nitrogen and oxygen atoms in total. The molecule has 2 bridgehead atoms. The molecule has 1 saturated heterocycles. The first-order valence-electron chi connectivity index (χ1n) is 7.86. The van der Waals surface area contributed by atoms with Gasteiger partial charge in [0.1, 0.15) is 17.4 Å². The third kappa shape index (κ3) is 1.75. The Labute approximate surface area is 125 Å². The first-order valence-corrected chi connectivity index (χ1v) is 7.86. The van der Waals surface area contributed by atoms with Crippen LogP contribution in [0.4, 0.5) is 0 Å². The number of likely N-dealkylation sites (tertiary alicyclic amines) is 1. The summed E-state index contributed by atoms with van der Waals surface area (Å²) >= 11 is 0. The minimum Gasteiger partial charge on any atom is -0.488 e. The summed E-state index contributed by atoms with van der Waals surface area (Å²) in [7, 11) is 4.06. The van der Waals surface area contributed by atoms with Crippen LogP contribution in [0, 0.1) is 0 Å². The van der Waals surface area contributed by atoms with Crippen molar-refractivity contribution in [3.63, 3.8) is 0 Å². The predicted molar refractivity (Wildman–Crippen MR) is 80.2 cm³/mol. The molecule has 0 unspecified atom stereocenters. The Morgan fingerprint density at radius 2 is 2.10 bits per heavy atom. The number of carbonyl (C=O) groups is 1. The molecule has 1 saturated carbocycles. The Balaban J connectivity index is 1.67. The van der Waals surface area contributed by atoms with E-state index < -0.39 is 0 Å². The molecule has 1 aliphatic carbocycles. The third-order valence-corrected chi connectivity index (χ3v) is 5.53. The molecule has 4 rings (SSSR count). The highest BCUT2D eigenvalue weighted by Gasteiger charge is 2.52. The fraction of sp³-hybridized carbons (Fsp3) is 0.588. The summed E-state index contributed by atoms with van der Waals surface area (Å²) in [6, 6.07) is 8.36. The van der Waals surface area contributed by atoms with Gasteiger partial charge in [0.15, 0.2) is 0 Å². The number of carbonyl (C=O) groups excluding carboxylic acids is 1. The van der Waals surface area contributed by atoms with E-state index in [2.05, 4.69) is 15.9 Å². The van der Waals surface area contributed by atoms with E-state index in [1.54, 1.807) is 0 Å². The summed E-state index contributed by atoms with van der Waals surface area (Å²) in [4.78, 5) is 17.4. The van der Waals surface area contributed by atoms with Crippen molar-refractivity contribution in [2.75, 3.05) is 20.6 Å². The van der Waals surface area contributed by atoms with Gasteiger partial charge in [-0.3, -0.25) is 9.69 Å². The zero-order chi connectivity index (χ0) is 14.6. The van der Waals surface area contributed by atoms with Crippen molar-refractivity contribution in [1.82, 2.24) is 9.80 Å². The molecule has 2 fully saturated rings. The van der Waals surface area contributed by atoms with Crippen LogP contribution in [0.1, 0.15) is 37.3 Å².